The topological polar surface area (TPSA) is 66.5 Å². The van der Waals surface area contributed by atoms with Gasteiger partial charge in [-0.05, 0) is 29.0 Å². The number of nitrogens with zero attached hydrogens (tertiary/aromatic N) is 2. The van der Waals surface area contributed by atoms with Crippen molar-refractivity contribution in [3.63, 3.8) is 0 Å². The molecule has 0 unspecified atom stereocenters. The molecule has 0 spiro atoms. The van der Waals surface area contributed by atoms with Gasteiger partial charge in [-0.1, -0.05) is 42.5 Å². The van der Waals surface area contributed by atoms with Crippen LogP contribution in [-0.4, -0.2) is 26.3 Å². The van der Waals surface area contributed by atoms with Crippen molar-refractivity contribution >= 4 is 27.4 Å². The zero-order chi connectivity index (χ0) is 23.9. The third-order valence-electron chi connectivity index (χ3n) is 6.05. The van der Waals surface area contributed by atoms with Gasteiger partial charge in [0.1, 0.15) is 11.7 Å². The summed E-state index contributed by atoms with van der Waals surface area (Å²) in [6.07, 6.45) is -4.30. The van der Waals surface area contributed by atoms with Crippen molar-refractivity contribution in [3.05, 3.63) is 87.3 Å². The standard InChI is InChI=1S/C26H19F3N2O3/c27-26(28,29)24-20(15-30)25(32)34-22-14-21(31-8-10-33-11-9-31)19-13-17(6-7-18(19)23(22)24)12-16-4-2-1-3-5-16/h1-7,13-14H,8-12H2. The van der Waals surface area contributed by atoms with Crippen molar-refractivity contribution in [2.45, 2.75) is 12.6 Å². The van der Waals surface area contributed by atoms with Crippen LogP contribution in [0.3, 0.4) is 0 Å². The highest BCUT2D eigenvalue weighted by atomic mass is 19.4. The lowest BCUT2D eigenvalue weighted by atomic mass is 9.94. The molecule has 5 rings (SSSR count). The van der Waals surface area contributed by atoms with E-state index in [1.54, 1.807) is 12.1 Å². The number of nitriles is 1. The Labute approximate surface area is 192 Å². The number of alkyl halides is 3. The molecule has 1 saturated heterocycles. The fourth-order valence-electron chi connectivity index (χ4n) is 4.54. The first kappa shape index (κ1) is 22.0. The average molecular weight is 464 g/mol. The summed E-state index contributed by atoms with van der Waals surface area (Å²) in [5.74, 6) is 0. The molecule has 0 radical (unpaired) electrons. The van der Waals surface area contributed by atoms with E-state index >= 15 is 0 Å². The number of anilines is 1. The Hall–Kier alpha value is -3.83. The number of hydrogen-bond donors (Lipinski definition) is 0. The SMILES string of the molecule is N#Cc1c(C(F)(F)F)c2c(cc(N3CCOCC3)c3cc(Cc4ccccc4)ccc32)oc1=O. The Balaban J connectivity index is 1.84. The molecule has 1 aliphatic rings. The molecule has 5 nitrogen and oxygen atoms in total. The Morgan fingerprint density at radius 3 is 2.38 bits per heavy atom. The van der Waals surface area contributed by atoms with E-state index in [2.05, 4.69) is 0 Å². The molecule has 0 N–H and O–H groups in total. The summed E-state index contributed by atoms with van der Waals surface area (Å²) in [6, 6.07) is 17.9. The predicted octanol–water partition coefficient (Wildman–Crippen LogP) is 5.26. The maximum atomic E-state index is 14.1. The van der Waals surface area contributed by atoms with E-state index in [1.165, 1.54) is 12.1 Å². The van der Waals surface area contributed by atoms with Gasteiger partial charge in [-0.3, -0.25) is 0 Å². The van der Waals surface area contributed by atoms with Gasteiger partial charge in [-0.15, -0.1) is 0 Å². The number of ether oxygens (including phenoxy) is 1. The van der Waals surface area contributed by atoms with E-state index in [9.17, 15) is 23.2 Å². The fraction of sp³-hybridized carbons (Fsp3) is 0.231. The molecule has 2 heterocycles. The molecule has 1 fully saturated rings. The van der Waals surface area contributed by atoms with E-state index in [-0.39, 0.29) is 16.4 Å². The van der Waals surface area contributed by atoms with Crippen LogP contribution in [0.2, 0.25) is 0 Å². The Morgan fingerprint density at radius 2 is 1.71 bits per heavy atom. The van der Waals surface area contributed by atoms with Gasteiger partial charge in [-0.2, -0.15) is 18.4 Å². The maximum Gasteiger partial charge on any atom is 0.418 e. The molecule has 1 aromatic heterocycles. The quantitative estimate of drug-likeness (QED) is 0.306. The van der Waals surface area contributed by atoms with Crippen LogP contribution in [0.15, 0.2) is 63.8 Å². The van der Waals surface area contributed by atoms with Crippen LogP contribution in [-0.2, 0) is 17.3 Å². The number of morpholine rings is 1. The van der Waals surface area contributed by atoms with Crippen molar-refractivity contribution in [1.29, 1.82) is 5.26 Å². The van der Waals surface area contributed by atoms with E-state index in [0.29, 0.717) is 43.8 Å². The van der Waals surface area contributed by atoms with Gasteiger partial charge in [0, 0.05) is 35.6 Å². The molecule has 0 atom stereocenters. The Kier molecular flexibility index (Phi) is 5.50. The number of fused-ring (bicyclic) bond motifs is 3. The highest BCUT2D eigenvalue weighted by molar-refractivity contribution is 6.13. The number of rotatable bonds is 3. The molecule has 1 aliphatic heterocycles. The van der Waals surface area contributed by atoms with Crippen LogP contribution in [0.25, 0.3) is 21.7 Å². The van der Waals surface area contributed by atoms with Crippen LogP contribution in [0.1, 0.15) is 22.3 Å². The van der Waals surface area contributed by atoms with Crippen LogP contribution >= 0.6 is 0 Å². The van der Waals surface area contributed by atoms with E-state index in [0.717, 1.165) is 11.1 Å². The van der Waals surface area contributed by atoms with Crippen LogP contribution in [0.4, 0.5) is 18.9 Å². The third-order valence-corrected chi connectivity index (χ3v) is 6.05. The normalized spacial score (nSPS) is 14.5. The molecular weight excluding hydrogens is 445 g/mol. The smallest absolute Gasteiger partial charge is 0.418 e. The Morgan fingerprint density at radius 1 is 0.971 bits per heavy atom. The van der Waals surface area contributed by atoms with Gasteiger partial charge >= 0.3 is 11.8 Å². The van der Waals surface area contributed by atoms with Crippen molar-refractivity contribution in [3.8, 4) is 6.07 Å². The lowest BCUT2D eigenvalue weighted by Crippen LogP contribution is -2.36. The first-order valence-electron chi connectivity index (χ1n) is 10.8. The van der Waals surface area contributed by atoms with Gasteiger partial charge < -0.3 is 14.1 Å². The van der Waals surface area contributed by atoms with Gasteiger partial charge in [0.15, 0.2) is 5.56 Å². The first-order chi connectivity index (χ1) is 16.4. The van der Waals surface area contributed by atoms with Crippen molar-refractivity contribution in [2.24, 2.45) is 0 Å². The summed E-state index contributed by atoms with van der Waals surface area (Å²) in [5, 5.41) is 9.94. The van der Waals surface area contributed by atoms with Crippen molar-refractivity contribution in [1.82, 2.24) is 0 Å². The summed E-state index contributed by atoms with van der Waals surface area (Å²) in [7, 11) is 0. The number of hydrogen-bond acceptors (Lipinski definition) is 5. The minimum Gasteiger partial charge on any atom is -0.422 e. The molecule has 4 aromatic rings. The molecule has 34 heavy (non-hydrogen) atoms. The van der Waals surface area contributed by atoms with Gasteiger partial charge in [0.2, 0.25) is 0 Å². The van der Waals surface area contributed by atoms with Gasteiger partial charge in [0.05, 0.1) is 18.8 Å². The average Bonchev–Trinajstić information content (AvgIpc) is 2.83. The van der Waals surface area contributed by atoms with Gasteiger partial charge in [0.25, 0.3) is 0 Å². The molecule has 172 valence electrons. The fourth-order valence-corrected chi connectivity index (χ4v) is 4.54. The minimum absolute atomic E-state index is 0.193. The summed E-state index contributed by atoms with van der Waals surface area (Å²) in [4.78, 5) is 14.3. The van der Waals surface area contributed by atoms with Crippen molar-refractivity contribution in [2.75, 3.05) is 31.2 Å². The highest BCUT2D eigenvalue weighted by Gasteiger charge is 2.39. The summed E-state index contributed by atoms with van der Waals surface area (Å²) >= 11 is 0. The monoisotopic (exact) mass is 464 g/mol. The van der Waals surface area contributed by atoms with E-state index < -0.39 is 22.9 Å². The number of benzene rings is 3. The highest BCUT2D eigenvalue weighted by Crippen LogP contribution is 2.42. The molecular formula is C26H19F3N2O3. The molecule has 0 aliphatic carbocycles. The molecule has 8 heteroatoms. The summed E-state index contributed by atoms with van der Waals surface area (Å²) in [6.45, 7) is 2.06. The van der Waals surface area contributed by atoms with E-state index in [1.807, 2.05) is 41.3 Å². The molecule has 0 amide bonds. The van der Waals surface area contributed by atoms with E-state index in [4.69, 9.17) is 9.15 Å². The molecule has 0 bridgehead atoms. The largest absolute Gasteiger partial charge is 0.422 e. The second-order valence-corrected chi connectivity index (χ2v) is 8.16. The van der Waals surface area contributed by atoms with Crippen molar-refractivity contribution < 1.29 is 22.3 Å². The van der Waals surface area contributed by atoms with Crippen LogP contribution < -0.4 is 10.5 Å². The zero-order valence-electron chi connectivity index (χ0n) is 18.0. The summed E-state index contributed by atoms with van der Waals surface area (Å²) in [5.41, 5.74) is -1.11. The van der Waals surface area contributed by atoms with Gasteiger partial charge in [-0.25, -0.2) is 4.79 Å². The first-order valence-corrected chi connectivity index (χ1v) is 10.8. The number of halogens is 3. The Bertz CT molecular complexity index is 1480. The maximum absolute atomic E-state index is 14.1. The second-order valence-electron chi connectivity index (χ2n) is 8.16. The second kappa shape index (κ2) is 8.50. The third kappa shape index (κ3) is 3.88. The lowest BCUT2D eigenvalue weighted by molar-refractivity contribution is -0.136. The zero-order valence-corrected chi connectivity index (χ0v) is 18.0. The summed E-state index contributed by atoms with van der Waals surface area (Å²) < 4.78 is 53.1. The molecule has 0 saturated carbocycles. The lowest BCUT2D eigenvalue weighted by Gasteiger charge is -2.30. The predicted molar refractivity (Wildman–Crippen MR) is 122 cm³/mol. The van der Waals surface area contributed by atoms with Crippen LogP contribution in [0, 0.1) is 11.3 Å². The molecule has 3 aromatic carbocycles. The van der Waals surface area contributed by atoms with Crippen LogP contribution in [0.5, 0.6) is 0 Å². The minimum atomic E-state index is -4.91.